The normalized spacial score (nSPS) is 11.2. The Balaban J connectivity index is 1.45. The molecule has 0 saturated heterocycles. The summed E-state index contributed by atoms with van der Waals surface area (Å²) in [4.78, 5) is 9.39. The van der Waals surface area contributed by atoms with E-state index in [1.54, 1.807) is 16.8 Å². The third kappa shape index (κ3) is 4.94. The highest BCUT2D eigenvalue weighted by Gasteiger charge is 2.27. The highest BCUT2D eigenvalue weighted by molar-refractivity contribution is 7.98. The Morgan fingerprint density at radius 3 is 2.26 bits per heavy atom. The molecule has 0 unspecified atom stereocenters. The average Bonchev–Trinajstić information content (AvgIpc) is 3.33. The van der Waals surface area contributed by atoms with Crippen LogP contribution >= 0.6 is 11.8 Å². The minimum atomic E-state index is -1.86. The van der Waals surface area contributed by atoms with Gasteiger partial charge in [-0.25, -0.2) is 32.2 Å². The fourth-order valence-electron chi connectivity index (χ4n) is 4.18. The van der Waals surface area contributed by atoms with Crippen LogP contribution in [0.1, 0.15) is 0 Å². The van der Waals surface area contributed by atoms with Crippen LogP contribution in [-0.2, 0) is 6.54 Å². The number of fused-ring (bicyclic) bond motifs is 1. The number of ether oxygens (including phenoxy) is 1. The van der Waals surface area contributed by atoms with Crippen molar-refractivity contribution >= 4 is 34.3 Å². The molecule has 0 aliphatic rings. The van der Waals surface area contributed by atoms with E-state index in [1.807, 2.05) is 42.5 Å². The van der Waals surface area contributed by atoms with Gasteiger partial charge >= 0.3 is 0 Å². The van der Waals surface area contributed by atoms with Crippen molar-refractivity contribution in [1.29, 1.82) is 0 Å². The first-order valence-electron chi connectivity index (χ1n) is 11.7. The molecule has 2 aromatic heterocycles. The second-order valence-corrected chi connectivity index (χ2v) is 9.34. The van der Waals surface area contributed by atoms with Gasteiger partial charge < -0.3 is 15.4 Å². The summed E-state index contributed by atoms with van der Waals surface area (Å²) in [5, 5.41) is 5.19. The molecule has 200 valence electrons. The summed E-state index contributed by atoms with van der Waals surface area (Å²) in [6.07, 6.45) is 2.76. The minimum absolute atomic E-state index is 0.0684. The Kier molecular flexibility index (Phi) is 7.29. The topological polar surface area (TPSA) is 82.1 Å². The fourth-order valence-corrected chi connectivity index (χ4v) is 4.89. The van der Waals surface area contributed by atoms with Crippen LogP contribution in [0.15, 0.2) is 65.8 Å². The van der Waals surface area contributed by atoms with E-state index in [0.717, 1.165) is 17.3 Å². The maximum atomic E-state index is 14.7. The second kappa shape index (κ2) is 10.8. The summed E-state index contributed by atoms with van der Waals surface area (Å²) < 4.78 is 64.2. The number of anilines is 2. The molecule has 0 amide bonds. The summed E-state index contributed by atoms with van der Waals surface area (Å²) in [7, 11) is 1.45. The number of nitrogens with two attached hydrogens (primary N) is 1. The number of nitrogens with zero attached hydrogens (tertiary/aromatic N) is 5. The molecule has 5 aromatic rings. The summed E-state index contributed by atoms with van der Waals surface area (Å²) in [6.45, 7) is 0.214. The van der Waals surface area contributed by atoms with E-state index in [0.29, 0.717) is 28.2 Å². The molecular formula is C27H22F4N6OS. The predicted molar refractivity (Wildman–Crippen MR) is 143 cm³/mol. The van der Waals surface area contributed by atoms with Crippen LogP contribution in [0.3, 0.4) is 0 Å². The van der Waals surface area contributed by atoms with Crippen molar-refractivity contribution in [3.8, 4) is 22.8 Å². The van der Waals surface area contributed by atoms with Crippen molar-refractivity contribution in [3.05, 3.63) is 84.2 Å². The van der Waals surface area contributed by atoms with Crippen molar-refractivity contribution in [2.75, 3.05) is 30.5 Å². The first-order valence-corrected chi connectivity index (χ1v) is 12.9. The van der Waals surface area contributed by atoms with Gasteiger partial charge in [-0.2, -0.15) is 5.10 Å². The number of nitrogen functional groups attached to an aromatic ring is 1. The predicted octanol–water partition coefficient (Wildman–Crippen LogP) is 6.28. The highest BCUT2D eigenvalue weighted by Crippen LogP contribution is 2.37. The fraction of sp³-hybridized carbons (Fsp3) is 0.148. The monoisotopic (exact) mass is 554 g/mol. The number of hydrogen-bond acceptors (Lipinski definition) is 7. The van der Waals surface area contributed by atoms with Crippen molar-refractivity contribution in [2.24, 2.45) is 0 Å². The van der Waals surface area contributed by atoms with Gasteiger partial charge in [-0.1, -0.05) is 18.2 Å². The molecule has 0 spiro atoms. The van der Waals surface area contributed by atoms with Crippen LogP contribution in [0.5, 0.6) is 11.5 Å². The van der Waals surface area contributed by atoms with Crippen LogP contribution in [0.4, 0.5) is 29.1 Å². The van der Waals surface area contributed by atoms with Crippen molar-refractivity contribution in [2.45, 2.75) is 11.4 Å². The van der Waals surface area contributed by atoms with Crippen LogP contribution in [0, 0.1) is 23.3 Å². The SMILES string of the molecule is CSc1c(F)c(F)c(F)c(F)c1N(C)CCn1nc(-c2ccc(Oc3ccccc3)cc2)c2c(N)ncnc21. The van der Waals surface area contributed by atoms with Gasteiger partial charge in [-0.15, -0.1) is 11.8 Å². The first kappa shape index (κ1) is 26.3. The maximum absolute atomic E-state index is 14.7. The van der Waals surface area contributed by atoms with Crippen molar-refractivity contribution in [1.82, 2.24) is 19.7 Å². The van der Waals surface area contributed by atoms with E-state index in [2.05, 4.69) is 15.1 Å². The quantitative estimate of drug-likeness (QED) is 0.105. The summed E-state index contributed by atoms with van der Waals surface area (Å²) in [6, 6.07) is 16.6. The van der Waals surface area contributed by atoms with Gasteiger partial charge in [0.05, 0.1) is 22.5 Å². The number of benzene rings is 3. The third-order valence-corrected chi connectivity index (χ3v) is 6.88. The Morgan fingerprint density at radius 2 is 1.56 bits per heavy atom. The van der Waals surface area contributed by atoms with Gasteiger partial charge in [0, 0.05) is 19.2 Å². The van der Waals surface area contributed by atoms with E-state index in [-0.39, 0.29) is 29.5 Å². The van der Waals surface area contributed by atoms with E-state index in [1.165, 1.54) is 24.5 Å². The van der Waals surface area contributed by atoms with Gasteiger partial charge in [-0.05, 0) is 42.7 Å². The third-order valence-electron chi connectivity index (χ3n) is 6.10. The lowest BCUT2D eigenvalue weighted by Gasteiger charge is -2.23. The molecule has 0 bridgehead atoms. The number of rotatable bonds is 8. The smallest absolute Gasteiger partial charge is 0.199 e. The molecular weight excluding hydrogens is 532 g/mol. The summed E-state index contributed by atoms with van der Waals surface area (Å²) >= 11 is 0.783. The Morgan fingerprint density at radius 1 is 0.897 bits per heavy atom. The lowest BCUT2D eigenvalue weighted by Crippen LogP contribution is -2.26. The Bertz CT molecular complexity index is 1650. The van der Waals surface area contributed by atoms with E-state index >= 15 is 0 Å². The lowest BCUT2D eigenvalue weighted by molar-refractivity contribution is 0.398. The molecule has 0 atom stereocenters. The number of halogens is 4. The van der Waals surface area contributed by atoms with E-state index in [4.69, 9.17) is 10.5 Å². The molecule has 2 heterocycles. The highest BCUT2D eigenvalue weighted by atomic mass is 32.2. The number of likely N-dealkylation sites (N-methyl/N-ethyl adjacent to an activating group) is 1. The average molecular weight is 555 g/mol. The number of thioether (sulfide) groups is 1. The van der Waals surface area contributed by atoms with Crippen molar-refractivity contribution < 1.29 is 22.3 Å². The van der Waals surface area contributed by atoms with Gasteiger partial charge in [0.2, 0.25) is 0 Å². The number of para-hydroxylation sites is 1. The molecule has 39 heavy (non-hydrogen) atoms. The van der Waals surface area contributed by atoms with Gasteiger partial charge in [0.1, 0.15) is 29.3 Å². The van der Waals surface area contributed by atoms with E-state index < -0.39 is 23.3 Å². The Hall–Kier alpha value is -4.32. The molecule has 12 heteroatoms. The van der Waals surface area contributed by atoms with Gasteiger partial charge in [-0.3, -0.25) is 0 Å². The zero-order valence-electron chi connectivity index (χ0n) is 20.8. The maximum Gasteiger partial charge on any atom is 0.199 e. The zero-order valence-corrected chi connectivity index (χ0v) is 21.6. The molecule has 0 saturated carbocycles. The van der Waals surface area contributed by atoms with Crippen LogP contribution in [0.25, 0.3) is 22.3 Å². The van der Waals surface area contributed by atoms with E-state index in [9.17, 15) is 17.6 Å². The molecule has 0 aliphatic carbocycles. The van der Waals surface area contributed by atoms with Crippen molar-refractivity contribution in [3.63, 3.8) is 0 Å². The minimum Gasteiger partial charge on any atom is -0.457 e. The molecule has 0 aliphatic heterocycles. The van der Waals surface area contributed by atoms with Gasteiger partial charge in [0.25, 0.3) is 0 Å². The number of aromatic nitrogens is 4. The molecule has 2 N–H and O–H groups in total. The lowest BCUT2D eigenvalue weighted by atomic mass is 10.1. The van der Waals surface area contributed by atoms with Crippen LogP contribution in [0.2, 0.25) is 0 Å². The van der Waals surface area contributed by atoms with Crippen LogP contribution < -0.4 is 15.4 Å². The second-order valence-electron chi connectivity index (χ2n) is 8.53. The standard InChI is InChI=1S/C27H22F4N6OS/c1-36(24-21(30)19(28)20(29)22(31)25(24)39-2)12-13-37-27-18(26(32)33-14-34-27)23(35-37)15-8-10-17(11-9-15)38-16-6-4-3-5-7-16/h3-11,14H,12-13H2,1-2H3,(H2,32,33,34). The number of hydrogen-bond donors (Lipinski definition) is 1. The zero-order chi connectivity index (χ0) is 27.7. The van der Waals surface area contributed by atoms with Gasteiger partial charge in [0.15, 0.2) is 28.9 Å². The summed E-state index contributed by atoms with van der Waals surface area (Å²) in [5.74, 6) is -5.05. The molecule has 0 radical (unpaired) electrons. The molecule has 7 nitrogen and oxygen atoms in total. The molecule has 5 rings (SSSR count). The largest absolute Gasteiger partial charge is 0.457 e. The molecule has 3 aromatic carbocycles. The molecule has 0 fully saturated rings. The van der Waals surface area contributed by atoms with Crippen LogP contribution in [-0.4, -0.2) is 39.6 Å². The Labute approximate surface area is 225 Å². The summed E-state index contributed by atoms with van der Waals surface area (Å²) in [5.41, 5.74) is 7.48. The first-order chi connectivity index (χ1) is 18.8.